The van der Waals surface area contributed by atoms with Crippen molar-refractivity contribution in [3.63, 3.8) is 0 Å². The van der Waals surface area contributed by atoms with Gasteiger partial charge in [0, 0.05) is 21.9 Å². The van der Waals surface area contributed by atoms with E-state index in [-0.39, 0.29) is 0 Å². The van der Waals surface area contributed by atoms with Crippen LogP contribution < -0.4 is 10.1 Å². The molecule has 0 saturated carbocycles. The minimum atomic E-state index is 0.575. The number of halogens is 1. The first kappa shape index (κ1) is 14.4. The number of rotatable bonds is 6. The Kier molecular flexibility index (Phi) is 5.25. The van der Waals surface area contributed by atoms with Crippen LogP contribution in [-0.2, 0) is 19.6 Å². The van der Waals surface area contributed by atoms with Crippen LogP contribution in [0.15, 0.2) is 30.3 Å². The molecule has 0 saturated heterocycles. The van der Waals surface area contributed by atoms with Crippen molar-refractivity contribution in [3.05, 3.63) is 50.7 Å². The molecule has 0 spiro atoms. The fourth-order valence-electron chi connectivity index (χ4n) is 1.88. The molecule has 0 amide bonds. The van der Waals surface area contributed by atoms with E-state index in [2.05, 4.69) is 24.4 Å². The average molecular weight is 296 g/mol. The molecule has 0 aliphatic rings. The minimum Gasteiger partial charge on any atom is -0.486 e. The summed E-state index contributed by atoms with van der Waals surface area (Å²) in [5.74, 6) is 0.782. The van der Waals surface area contributed by atoms with Crippen LogP contribution in [0.25, 0.3) is 0 Å². The van der Waals surface area contributed by atoms with Gasteiger partial charge >= 0.3 is 0 Å². The molecular formula is C15H18ClNOS. The fraction of sp³-hybridized carbons (Fsp3) is 0.333. The lowest BCUT2D eigenvalue weighted by atomic mass is 10.2. The SMILES string of the molecule is CCc1ccc(COc2c(Cl)cccc2CNC)s1. The number of hydrogen-bond acceptors (Lipinski definition) is 3. The lowest BCUT2D eigenvalue weighted by Crippen LogP contribution is -2.07. The molecular weight excluding hydrogens is 278 g/mol. The molecule has 19 heavy (non-hydrogen) atoms. The molecule has 2 nitrogen and oxygen atoms in total. The van der Waals surface area contributed by atoms with E-state index in [9.17, 15) is 0 Å². The van der Waals surface area contributed by atoms with Gasteiger partial charge in [-0.2, -0.15) is 0 Å². The summed E-state index contributed by atoms with van der Waals surface area (Å²) in [6.07, 6.45) is 1.07. The number of para-hydroxylation sites is 1. The number of aryl methyl sites for hydroxylation is 1. The van der Waals surface area contributed by atoms with Crippen molar-refractivity contribution in [3.8, 4) is 5.75 Å². The highest BCUT2D eigenvalue weighted by Crippen LogP contribution is 2.30. The van der Waals surface area contributed by atoms with Crippen molar-refractivity contribution in [2.75, 3.05) is 7.05 Å². The van der Waals surface area contributed by atoms with E-state index >= 15 is 0 Å². The predicted molar refractivity (Wildman–Crippen MR) is 82.2 cm³/mol. The summed E-state index contributed by atoms with van der Waals surface area (Å²) in [5, 5.41) is 3.79. The van der Waals surface area contributed by atoms with Crippen molar-refractivity contribution in [1.29, 1.82) is 0 Å². The van der Waals surface area contributed by atoms with Gasteiger partial charge in [0.25, 0.3) is 0 Å². The lowest BCUT2D eigenvalue weighted by Gasteiger charge is -2.12. The first-order valence-electron chi connectivity index (χ1n) is 6.37. The van der Waals surface area contributed by atoms with Crippen LogP contribution in [0.3, 0.4) is 0 Å². The fourth-order valence-corrected chi connectivity index (χ4v) is 3.00. The summed E-state index contributed by atoms with van der Waals surface area (Å²) in [4.78, 5) is 2.61. The molecule has 0 bridgehead atoms. The summed E-state index contributed by atoms with van der Waals surface area (Å²) in [6, 6.07) is 10.1. The predicted octanol–water partition coefficient (Wildman–Crippen LogP) is 4.26. The Hall–Kier alpha value is -1.03. The largest absolute Gasteiger partial charge is 0.486 e. The highest BCUT2D eigenvalue weighted by atomic mass is 35.5. The van der Waals surface area contributed by atoms with Gasteiger partial charge < -0.3 is 10.1 Å². The normalized spacial score (nSPS) is 10.7. The first-order chi connectivity index (χ1) is 9.24. The van der Waals surface area contributed by atoms with Gasteiger partial charge in [0.15, 0.2) is 0 Å². The Labute approximate surface area is 123 Å². The Balaban J connectivity index is 2.09. The molecule has 1 heterocycles. The third kappa shape index (κ3) is 3.72. The van der Waals surface area contributed by atoms with Gasteiger partial charge in [0.1, 0.15) is 12.4 Å². The lowest BCUT2D eigenvalue weighted by molar-refractivity contribution is 0.306. The molecule has 0 unspecified atom stereocenters. The zero-order chi connectivity index (χ0) is 13.7. The van der Waals surface area contributed by atoms with Gasteiger partial charge in [-0.05, 0) is 31.7 Å². The van der Waals surface area contributed by atoms with E-state index in [4.69, 9.17) is 16.3 Å². The van der Waals surface area contributed by atoms with Crippen LogP contribution in [0.1, 0.15) is 22.2 Å². The molecule has 2 aromatic rings. The Morgan fingerprint density at radius 2 is 2.00 bits per heavy atom. The number of benzene rings is 1. The summed E-state index contributed by atoms with van der Waals surface area (Å²) >= 11 is 8.01. The van der Waals surface area contributed by atoms with Gasteiger partial charge in [-0.15, -0.1) is 11.3 Å². The first-order valence-corrected chi connectivity index (χ1v) is 7.56. The van der Waals surface area contributed by atoms with Gasteiger partial charge in [-0.3, -0.25) is 0 Å². The van der Waals surface area contributed by atoms with Crippen molar-refractivity contribution in [2.24, 2.45) is 0 Å². The summed E-state index contributed by atoms with van der Waals surface area (Å²) < 4.78 is 5.90. The van der Waals surface area contributed by atoms with Crippen molar-refractivity contribution >= 4 is 22.9 Å². The molecule has 0 aliphatic carbocycles. The van der Waals surface area contributed by atoms with E-state index in [1.807, 2.05) is 25.2 Å². The van der Waals surface area contributed by atoms with Crippen molar-refractivity contribution < 1.29 is 4.74 Å². The molecule has 102 valence electrons. The second-order valence-corrected chi connectivity index (χ2v) is 5.93. The van der Waals surface area contributed by atoms with E-state index in [1.54, 1.807) is 11.3 Å². The molecule has 2 rings (SSSR count). The van der Waals surface area contributed by atoms with E-state index < -0.39 is 0 Å². The third-order valence-corrected chi connectivity index (χ3v) is 4.34. The van der Waals surface area contributed by atoms with Crippen molar-refractivity contribution in [1.82, 2.24) is 5.32 Å². The molecule has 4 heteroatoms. The van der Waals surface area contributed by atoms with Crippen LogP contribution in [0.2, 0.25) is 5.02 Å². The topological polar surface area (TPSA) is 21.3 Å². The summed E-state index contributed by atoms with van der Waals surface area (Å²) in [6.45, 7) is 3.49. The summed E-state index contributed by atoms with van der Waals surface area (Å²) in [5.41, 5.74) is 1.09. The van der Waals surface area contributed by atoms with Crippen LogP contribution in [-0.4, -0.2) is 7.05 Å². The smallest absolute Gasteiger partial charge is 0.142 e. The third-order valence-electron chi connectivity index (χ3n) is 2.84. The van der Waals surface area contributed by atoms with Gasteiger partial charge in [-0.25, -0.2) is 0 Å². The molecule has 1 N–H and O–H groups in total. The second-order valence-electron chi connectivity index (χ2n) is 4.27. The Morgan fingerprint density at radius 3 is 2.68 bits per heavy atom. The molecule has 0 aliphatic heterocycles. The number of nitrogens with one attached hydrogen (secondary N) is 1. The van der Waals surface area contributed by atoms with Gasteiger partial charge in [0.2, 0.25) is 0 Å². The Bertz CT molecular complexity index is 539. The maximum Gasteiger partial charge on any atom is 0.142 e. The maximum atomic E-state index is 6.21. The van der Waals surface area contributed by atoms with Crippen molar-refractivity contribution in [2.45, 2.75) is 26.5 Å². The highest BCUT2D eigenvalue weighted by molar-refractivity contribution is 7.11. The van der Waals surface area contributed by atoms with Gasteiger partial charge in [-0.1, -0.05) is 30.7 Å². The summed E-state index contributed by atoms with van der Waals surface area (Å²) in [7, 11) is 1.91. The van der Waals surface area contributed by atoms with E-state index in [0.717, 1.165) is 24.3 Å². The highest BCUT2D eigenvalue weighted by Gasteiger charge is 2.08. The van der Waals surface area contributed by atoms with Crippen LogP contribution in [0, 0.1) is 0 Å². The quantitative estimate of drug-likeness (QED) is 0.859. The molecule has 0 fully saturated rings. The van der Waals surface area contributed by atoms with E-state index in [1.165, 1.54) is 9.75 Å². The zero-order valence-corrected chi connectivity index (χ0v) is 12.8. The number of ether oxygens (including phenoxy) is 1. The molecule has 0 atom stereocenters. The maximum absolute atomic E-state index is 6.21. The zero-order valence-electron chi connectivity index (χ0n) is 11.2. The van der Waals surface area contributed by atoms with Crippen LogP contribution >= 0.6 is 22.9 Å². The molecule has 1 aromatic carbocycles. The second kappa shape index (κ2) is 6.94. The monoisotopic (exact) mass is 295 g/mol. The Morgan fingerprint density at radius 1 is 1.21 bits per heavy atom. The molecule has 0 radical (unpaired) electrons. The average Bonchev–Trinajstić information content (AvgIpc) is 2.86. The van der Waals surface area contributed by atoms with Crippen LogP contribution in [0.5, 0.6) is 5.75 Å². The van der Waals surface area contributed by atoms with E-state index in [0.29, 0.717) is 11.6 Å². The van der Waals surface area contributed by atoms with Gasteiger partial charge in [0.05, 0.1) is 5.02 Å². The molecule has 1 aromatic heterocycles. The van der Waals surface area contributed by atoms with Crippen LogP contribution in [0.4, 0.5) is 0 Å². The standard InChI is InChI=1S/C15H18ClNOS/c1-3-12-7-8-13(19-12)10-18-15-11(9-17-2)5-4-6-14(15)16/h4-8,17H,3,9-10H2,1-2H3. The number of thiophene rings is 1. The minimum absolute atomic E-state index is 0.575. The number of hydrogen-bond donors (Lipinski definition) is 1.